The van der Waals surface area contributed by atoms with Crippen molar-refractivity contribution in [1.29, 1.82) is 0 Å². The third-order valence-electron chi connectivity index (χ3n) is 3.65. The fraction of sp³-hybridized carbons (Fsp3) is 1.00. The summed E-state index contributed by atoms with van der Waals surface area (Å²) in [5, 5.41) is 10.5. The largest absolute Gasteiger partial charge is 0.387 e. The Kier molecular flexibility index (Phi) is 8.86. The van der Waals surface area contributed by atoms with E-state index in [1.165, 1.54) is 25.7 Å². The van der Waals surface area contributed by atoms with E-state index in [2.05, 4.69) is 6.92 Å². The summed E-state index contributed by atoms with van der Waals surface area (Å²) in [4.78, 5) is 0. The van der Waals surface area contributed by atoms with Gasteiger partial charge in [0.25, 0.3) is 10.1 Å². The molecule has 0 aliphatic heterocycles. The van der Waals surface area contributed by atoms with Crippen molar-refractivity contribution in [2.75, 3.05) is 6.26 Å². The Balaban J connectivity index is 4.14. The van der Waals surface area contributed by atoms with Gasteiger partial charge in [-0.15, -0.1) is 0 Å². The van der Waals surface area contributed by atoms with Crippen molar-refractivity contribution in [3.8, 4) is 0 Å². The maximum absolute atomic E-state index is 11.1. The van der Waals surface area contributed by atoms with E-state index in [1.54, 1.807) is 6.92 Å². The SMILES string of the molecule is CCCCCCCC[C@](O)(CC)[C@H](C)OS(C)(=O)=O. The van der Waals surface area contributed by atoms with Crippen molar-refractivity contribution < 1.29 is 17.7 Å². The Labute approximate surface area is 118 Å². The Morgan fingerprint density at radius 3 is 2.11 bits per heavy atom. The van der Waals surface area contributed by atoms with Gasteiger partial charge in [0.2, 0.25) is 0 Å². The van der Waals surface area contributed by atoms with Gasteiger partial charge in [-0.1, -0.05) is 52.4 Å². The van der Waals surface area contributed by atoms with Crippen LogP contribution in [0.4, 0.5) is 0 Å². The summed E-state index contributed by atoms with van der Waals surface area (Å²) < 4.78 is 27.1. The molecule has 2 atom stereocenters. The van der Waals surface area contributed by atoms with Gasteiger partial charge in [-0.05, 0) is 19.8 Å². The van der Waals surface area contributed by atoms with E-state index in [9.17, 15) is 13.5 Å². The van der Waals surface area contributed by atoms with Crippen LogP contribution in [0.15, 0.2) is 0 Å². The molecule has 0 aliphatic rings. The first kappa shape index (κ1) is 18.9. The molecule has 0 unspecified atom stereocenters. The smallest absolute Gasteiger partial charge is 0.264 e. The highest BCUT2D eigenvalue weighted by Crippen LogP contribution is 2.26. The molecule has 0 amide bonds. The van der Waals surface area contributed by atoms with Crippen molar-refractivity contribution in [2.45, 2.75) is 83.8 Å². The van der Waals surface area contributed by atoms with Crippen LogP contribution in [-0.2, 0) is 14.3 Å². The molecule has 0 heterocycles. The monoisotopic (exact) mass is 294 g/mol. The van der Waals surface area contributed by atoms with Crippen molar-refractivity contribution in [1.82, 2.24) is 0 Å². The molecule has 0 bridgehead atoms. The minimum absolute atomic E-state index is 0.499. The van der Waals surface area contributed by atoms with Gasteiger partial charge in [0, 0.05) is 0 Å². The predicted molar refractivity (Wildman–Crippen MR) is 78.6 cm³/mol. The first-order valence-electron chi connectivity index (χ1n) is 7.35. The van der Waals surface area contributed by atoms with Gasteiger partial charge in [-0.3, -0.25) is 4.18 Å². The summed E-state index contributed by atoms with van der Waals surface area (Å²) in [6.45, 7) is 5.67. The van der Waals surface area contributed by atoms with Gasteiger partial charge in [0.05, 0.1) is 11.9 Å². The van der Waals surface area contributed by atoms with Gasteiger partial charge >= 0.3 is 0 Å². The van der Waals surface area contributed by atoms with Crippen molar-refractivity contribution in [3.63, 3.8) is 0 Å². The molecule has 116 valence electrons. The average molecular weight is 294 g/mol. The Morgan fingerprint density at radius 2 is 1.63 bits per heavy atom. The van der Waals surface area contributed by atoms with E-state index in [1.807, 2.05) is 6.92 Å². The molecule has 0 aromatic rings. The third-order valence-corrected chi connectivity index (χ3v) is 4.29. The molecule has 0 radical (unpaired) electrons. The summed E-state index contributed by atoms with van der Waals surface area (Å²) in [5.41, 5.74) is -1.05. The van der Waals surface area contributed by atoms with Crippen molar-refractivity contribution >= 4 is 10.1 Å². The molecule has 4 nitrogen and oxygen atoms in total. The molecule has 0 spiro atoms. The topological polar surface area (TPSA) is 63.6 Å². The van der Waals surface area contributed by atoms with Crippen LogP contribution in [-0.4, -0.2) is 31.5 Å². The van der Waals surface area contributed by atoms with Crippen LogP contribution in [0.1, 0.15) is 72.1 Å². The van der Waals surface area contributed by atoms with Crippen LogP contribution in [0.5, 0.6) is 0 Å². The Bertz CT molecular complexity index is 326. The fourth-order valence-electron chi connectivity index (χ4n) is 2.23. The Hall–Kier alpha value is -0.130. The molecule has 19 heavy (non-hydrogen) atoms. The van der Waals surface area contributed by atoms with Crippen LogP contribution >= 0.6 is 0 Å². The van der Waals surface area contributed by atoms with E-state index < -0.39 is 21.8 Å². The third kappa shape index (κ3) is 8.60. The van der Waals surface area contributed by atoms with Crippen LogP contribution < -0.4 is 0 Å². The molecular formula is C14H30O4S. The van der Waals surface area contributed by atoms with E-state index in [0.29, 0.717) is 12.8 Å². The van der Waals surface area contributed by atoms with Gasteiger partial charge in [-0.25, -0.2) is 0 Å². The molecule has 0 saturated heterocycles. The zero-order valence-electron chi connectivity index (χ0n) is 12.8. The van der Waals surface area contributed by atoms with E-state index in [4.69, 9.17) is 4.18 Å². The maximum atomic E-state index is 11.1. The van der Waals surface area contributed by atoms with E-state index >= 15 is 0 Å². The highest BCUT2D eigenvalue weighted by molar-refractivity contribution is 7.86. The predicted octanol–water partition coefficient (Wildman–Crippen LogP) is 3.24. The van der Waals surface area contributed by atoms with Gasteiger partial charge in [0.15, 0.2) is 0 Å². The summed E-state index contributed by atoms with van der Waals surface area (Å²) >= 11 is 0. The molecule has 0 aromatic carbocycles. The second-order valence-corrected chi connectivity index (χ2v) is 7.02. The summed E-state index contributed by atoms with van der Waals surface area (Å²) in [7, 11) is -3.52. The normalized spacial score (nSPS) is 17.1. The number of unbranched alkanes of at least 4 members (excludes halogenated alkanes) is 5. The maximum Gasteiger partial charge on any atom is 0.264 e. The first-order valence-corrected chi connectivity index (χ1v) is 9.17. The van der Waals surface area contributed by atoms with Gasteiger partial charge in [-0.2, -0.15) is 8.42 Å². The van der Waals surface area contributed by atoms with Crippen LogP contribution in [0.25, 0.3) is 0 Å². The van der Waals surface area contributed by atoms with Gasteiger partial charge < -0.3 is 5.11 Å². The molecule has 0 aromatic heterocycles. The molecular weight excluding hydrogens is 264 g/mol. The molecule has 0 saturated carbocycles. The van der Waals surface area contributed by atoms with Crippen LogP contribution in [0.2, 0.25) is 0 Å². The lowest BCUT2D eigenvalue weighted by Gasteiger charge is -2.32. The van der Waals surface area contributed by atoms with Crippen molar-refractivity contribution in [3.05, 3.63) is 0 Å². The first-order chi connectivity index (χ1) is 8.75. The number of aliphatic hydroxyl groups is 1. The van der Waals surface area contributed by atoms with E-state index in [0.717, 1.165) is 19.1 Å². The minimum Gasteiger partial charge on any atom is -0.387 e. The highest BCUT2D eigenvalue weighted by Gasteiger charge is 2.34. The van der Waals surface area contributed by atoms with Crippen LogP contribution in [0, 0.1) is 0 Å². The molecule has 0 rings (SSSR count). The van der Waals surface area contributed by atoms with E-state index in [-0.39, 0.29) is 0 Å². The quantitative estimate of drug-likeness (QED) is 0.469. The standard InChI is InChI=1S/C14H30O4S/c1-5-7-8-9-10-11-12-14(15,6-2)13(3)18-19(4,16)17/h13,15H,5-12H2,1-4H3/t13-,14+/m0/s1. The molecule has 0 fully saturated rings. The summed E-state index contributed by atoms with van der Waals surface area (Å²) in [5.74, 6) is 0. The number of hydrogen-bond acceptors (Lipinski definition) is 4. The lowest BCUT2D eigenvalue weighted by Crippen LogP contribution is -2.42. The van der Waals surface area contributed by atoms with Gasteiger partial charge in [0.1, 0.15) is 6.10 Å². The van der Waals surface area contributed by atoms with Crippen molar-refractivity contribution in [2.24, 2.45) is 0 Å². The second-order valence-electron chi connectivity index (χ2n) is 5.42. The molecule has 1 N–H and O–H groups in total. The Morgan fingerprint density at radius 1 is 1.11 bits per heavy atom. The summed E-state index contributed by atoms with van der Waals surface area (Å²) in [6.07, 6.45) is 8.28. The summed E-state index contributed by atoms with van der Waals surface area (Å²) in [6, 6.07) is 0. The minimum atomic E-state index is -3.52. The fourth-order valence-corrected chi connectivity index (χ4v) is 2.93. The zero-order valence-corrected chi connectivity index (χ0v) is 13.6. The lowest BCUT2D eigenvalue weighted by molar-refractivity contribution is -0.0611. The highest BCUT2D eigenvalue weighted by atomic mass is 32.2. The van der Waals surface area contributed by atoms with Crippen LogP contribution in [0.3, 0.4) is 0 Å². The zero-order chi connectivity index (χ0) is 14.9. The average Bonchev–Trinajstić information content (AvgIpc) is 2.31. The molecule has 5 heteroatoms. The number of hydrogen-bond donors (Lipinski definition) is 1. The molecule has 0 aliphatic carbocycles. The lowest BCUT2D eigenvalue weighted by atomic mass is 9.88. The number of rotatable bonds is 11. The second kappa shape index (κ2) is 8.93.